The number of Topliss-reactive ketones (excluding diaryl/α,β-unsaturated/α-hetero) is 1. The molecule has 0 saturated carbocycles. The van der Waals surface area contributed by atoms with Crippen molar-refractivity contribution in [1.29, 1.82) is 0 Å². The van der Waals surface area contributed by atoms with E-state index in [-0.39, 0.29) is 5.78 Å². The van der Waals surface area contributed by atoms with Crippen molar-refractivity contribution in [2.45, 2.75) is 19.3 Å². The molecule has 0 N–H and O–H groups in total. The number of fused-ring (bicyclic) bond motifs is 1. The van der Waals surface area contributed by atoms with Crippen molar-refractivity contribution in [2.24, 2.45) is 5.92 Å². The van der Waals surface area contributed by atoms with Crippen LogP contribution in [0.2, 0.25) is 0 Å². The molecule has 114 valence electrons. The number of piperidine rings is 1. The van der Waals surface area contributed by atoms with Crippen molar-refractivity contribution < 1.29 is 14.3 Å². The number of ketones is 1. The van der Waals surface area contributed by atoms with Crippen molar-refractivity contribution in [1.82, 2.24) is 4.90 Å². The largest absolute Gasteiger partial charge is 0.493 e. The maximum absolute atomic E-state index is 12.5. The Bertz CT molecular complexity index is 513. The lowest BCUT2D eigenvalue weighted by Crippen LogP contribution is -2.40. The zero-order valence-electron chi connectivity index (χ0n) is 12.6. The fourth-order valence-corrected chi connectivity index (χ4v) is 3.32. The molecule has 1 aromatic rings. The smallest absolute Gasteiger partial charge is 0.176 e. The van der Waals surface area contributed by atoms with Gasteiger partial charge < -0.3 is 9.47 Å². The van der Waals surface area contributed by atoms with Crippen LogP contribution in [-0.4, -0.2) is 50.6 Å². The number of benzene rings is 1. The standard InChI is InChI=1S/C17H23NO3/c1-20-12-13-3-2-7-18(10-13)11-16(19)14-4-5-17-15(9-14)6-8-21-17/h4-5,9,13H,2-3,6-8,10-12H2,1H3. The molecule has 2 heterocycles. The molecule has 0 aliphatic carbocycles. The molecule has 4 heteroatoms. The van der Waals surface area contributed by atoms with E-state index in [9.17, 15) is 4.79 Å². The van der Waals surface area contributed by atoms with Crippen molar-refractivity contribution in [3.8, 4) is 5.75 Å². The molecule has 0 bridgehead atoms. The summed E-state index contributed by atoms with van der Waals surface area (Å²) in [5.74, 6) is 1.71. The van der Waals surface area contributed by atoms with Gasteiger partial charge in [0.05, 0.1) is 19.8 Å². The molecule has 3 rings (SSSR count). The first kappa shape index (κ1) is 14.5. The second-order valence-corrected chi connectivity index (χ2v) is 6.04. The van der Waals surface area contributed by atoms with Crippen LogP contribution in [0.3, 0.4) is 0 Å². The Morgan fingerprint density at radius 1 is 1.48 bits per heavy atom. The van der Waals surface area contributed by atoms with Gasteiger partial charge >= 0.3 is 0 Å². The van der Waals surface area contributed by atoms with Crippen molar-refractivity contribution in [3.63, 3.8) is 0 Å². The third kappa shape index (κ3) is 3.44. The normalized spacial score (nSPS) is 21.9. The number of carbonyl (C=O) groups is 1. The van der Waals surface area contributed by atoms with Crippen molar-refractivity contribution in [2.75, 3.05) is 40.0 Å². The van der Waals surface area contributed by atoms with E-state index in [1.165, 1.54) is 6.42 Å². The Hall–Kier alpha value is -1.39. The second-order valence-electron chi connectivity index (χ2n) is 6.04. The third-order valence-electron chi connectivity index (χ3n) is 4.38. The number of hydrogen-bond acceptors (Lipinski definition) is 4. The van der Waals surface area contributed by atoms with Gasteiger partial charge in [-0.2, -0.15) is 0 Å². The minimum Gasteiger partial charge on any atom is -0.493 e. The van der Waals surface area contributed by atoms with Crippen LogP contribution in [0.15, 0.2) is 18.2 Å². The van der Waals surface area contributed by atoms with Crippen LogP contribution < -0.4 is 4.74 Å². The van der Waals surface area contributed by atoms with Crippen molar-refractivity contribution in [3.05, 3.63) is 29.3 Å². The van der Waals surface area contributed by atoms with E-state index in [2.05, 4.69) is 4.90 Å². The Balaban J connectivity index is 1.60. The van der Waals surface area contributed by atoms with E-state index < -0.39 is 0 Å². The molecule has 0 spiro atoms. The summed E-state index contributed by atoms with van der Waals surface area (Å²) in [6.07, 6.45) is 3.27. The van der Waals surface area contributed by atoms with Crippen LogP contribution in [0.4, 0.5) is 0 Å². The Morgan fingerprint density at radius 3 is 3.24 bits per heavy atom. The summed E-state index contributed by atoms with van der Waals surface area (Å²) >= 11 is 0. The minimum absolute atomic E-state index is 0.211. The molecule has 2 aliphatic heterocycles. The summed E-state index contributed by atoms with van der Waals surface area (Å²) in [4.78, 5) is 14.7. The van der Waals surface area contributed by atoms with Gasteiger partial charge in [0.1, 0.15) is 5.75 Å². The number of likely N-dealkylation sites (tertiary alicyclic amines) is 1. The van der Waals surface area contributed by atoms with Crippen LogP contribution in [0.25, 0.3) is 0 Å². The maximum atomic E-state index is 12.5. The molecular weight excluding hydrogens is 266 g/mol. The summed E-state index contributed by atoms with van der Waals surface area (Å²) in [5, 5.41) is 0. The highest BCUT2D eigenvalue weighted by molar-refractivity contribution is 5.98. The van der Waals surface area contributed by atoms with Crippen LogP contribution in [-0.2, 0) is 11.2 Å². The molecule has 1 unspecified atom stereocenters. The first-order chi connectivity index (χ1) is 10.3. The van der Waals surface area contributed by atoms with Crippen LogP contribution in [0, 0.1) is 5.92 Å². The number of hydrogen-bond donors (Lipinski definition) is 0. The van der Waals surface area contributed by atoms with Gasteiger partial charge in [0.25, 0.3) is 0 Å². The van der Waals surface area contributed by atoms with Gasteiger partial charge in [0.2, 0.25) is 0 Å². The third-order valence-corrected chi connectivity index (χ3v) is 4.38. The van der Waals surface area contributed by atoms with E-state index in [0.29, 0.717) is 12.5 Å². The van der Waals surface area contributed by atoms with Gasteiger partial charge in [-0.05, 0) is 49.1 Å². The molecular formula is C17H23NO3. The van der Waals surface area contributed by atoms with Gasteiger partial charge in [0.15, 0.2) is 5.78 Å². The Labute approximate surface area is 126 Å². The molecule has 21 heavy (non-hydrogen) atoms. The van der Waals surface area contributed by atoms with E-state index in [1.54, 1.807) is 7.11 Å². The van der Waals surface area contributed by atoms with E-state index in [4.69, 9.17) is 9.47 Å². The highest BCUT2D eigenvalue weighted by atomic mass is 16.5. The number of carbonyl (C=O) groups excluding carboxylic acids is 1. The fraction of sp³-hybridized carbons (Fsp3) is 0.588. The number of methoxy groups -OCH3 is 1. The molecule has 1 fully saturated rings. The molecule has 4 nitrogen and oxygen atoms in total. The Kier molecular flexibility index (Phi) is 4.56. The average molecular weight is 289 g/mol. The summed E-state index contributed by atoms with van der Waals surface area (Å²) in [7, 11) is 1.75. The molecule has 0 aromatic heterocycles. The van der Waals surface area contributed by atoms with Crippen LogP contribution >= 0.6 is 0 Å². The molecule has 1 aromatic carbocycles. The zero-order chi connectivity index (χ0) is 14.7. The molecule has 2 aliphatic rings. The number of ether oxygens (including phenoxy) is 2. The monoisotopic (exact) mass is 289 g/mol. The summed E-state index contributed by atoms with van der Waals surface area (Å²) < 4.78 is 10.7. The van der Waals surface area contributed by atoms with E-state index in [0.717, 1.165) is 56.0 Å². The van der Waals surface area contributed by atoms with Crippen molar-refractivity contribution >= 4 is 5.78 Å². The summed E-state index contributed by atoms with van der Waals surface area (Å²) in [6, 6.07) is 5.82. The van der Waals surface area contributed by atoms with Crippen LogP contribution in [0.5, 0.6) is 5.75 Å². The van der Waals surface area contributed by atoms with Gasteiger partial charge in [-0.15, -0.1) is 0 Å². The lowest BCUT2D eigenvalue weighted by molar-refractivity contribution is 0.0758. The first-order valence-corrected chi connectivity index (χ1v) is 7.76. The lowest BCUT2D eigenvalue weighted by atomic mass is 9.98. The minimum atomic E-state index is 0.211. The summed E-state index contributed by atoms with van der Waals surface area (Å²) in [5.41, 5.74) is 1.98. The van der Waals surface area contributed by atoms with Crippen LogP contribution in [0.1, 0.15) is 28.8 Å². The second kappa shape index (κ2) is 6.58. The van der Waals surface area contributed by atoms with Gasteiger partial charge in [-0.3, -0.25) is 9.69 Å². The number of nitrogens with zero attached hydrogens (tertiary/aromatic N) is 1. The summed E-state index contributed by atoms with van der Waals surface area (Å²) in [6.45, 7) is 4.02. The van der Waals surface area contributed by atoms with Gasteiger partial charge in [-0.25, -0.2) is 0 Å². The predicted molar refractivity (Wildman–Crippen MR) is 81.0 cm³/mol. The molecule has 1 atom stereocenters. The molecule has 1 saturated heterocycles. The van der Waals surface area contributed by atoms with Gasteiger partial charge in [0, 0.05) is 25.6 Å². The topological polar surface area (TPSA) is 38.8 Å². The lowest BCUT2D eigenvalue weighted by Gasteiger charge is -2.31. The van der Waals surface area contributed by atoms with Gasteiger partial charge in [-0.1, -0.05) is 0 Å². The zero-order valence-corrected chi connectivity index (χ0v) is 12.6. The fourth-order valence-electron chi connectivity index (χ4n) is 3.32. The Morgan fingerprint density at radius 2 is 2.38 bits per heavy atom. The molecule has 0 amide bonds. The number of rotatable bonds is 5. The van der Waals surface area contributed by atoms with E-state index >= 15 is 0 Å². The highest BCUT2D eigenvalue weighted by Gasteiger charge is 2.22. The van der Waals surface area contributed by atoms with E-state index in [1.807, 2.05) is 18.2 Å². The quantitative estimate of drug-likeness (QED) is 0.779. The molecule has 0 radical (unpaired) electrons. The SMILES string of the molecule is COCC1CCCN(CC(=O)c2ccc3c(c2)CCO3)C1. The predicted octanol–water partition coefficient (Wildman–Crippen LogP) is 2.16. The highest BCUT2D eigenvalue weighted by Crippen LogP contribution is 2.26. The first-order valence-electron chi connectivity index (χ1n) is 7.76. The average Bonchev–Trinajstić information content (AvgIpc) is 2.95. The maximum Gasteiger partial charge on any atom is 0.176 e.